The Morgan fingerprint density at radius 2 is 1.73 bits per heavy atom. The molecule has 0 N–H and O–H groups in total. The number of fused-ring (bicyclic) bond motifs is 6. The van der Waals surface area contributed by atoms with Gasteiger partial charge in [-0.1, -0.05) is 54.6 Å². The quantitative estimate of drug-likeness (QED) is 0.407. The molecule has 104 valence electrons. The third-order valence-electron chi connectivity index (χ3n) is 4.43. The first-order valence-corrected chi connectivity index (χ1v) is 7.33. The van der Waals surface area contributed by atoms with Crippen LogP contribution in [-0.4, -0.2) is 9.55 Å². The lowest BCUT2D eigenvalue weighted by atomic mass is 10.1. The maximum Gasteiger partial charge on any atom is 0.262 e. The van der Waals surface area contributed by atoms with E-state index < -0.39 is 0 Å². The van der Waals surface area contributed by atoms with Crippen LogP contribution in [0.15, 0.2) is 65.5 Å². The highest BCUT2D eigenvalue weighted by molar-refractivity contribution is 6.06. The normalized spacial score (nSPS) is 12.5. The smallest absolute Gasteiger partial charge is 0.262 e. The summed E-state index contributed by atoms with van der Waals surface area (Å²) in [5, 5.41) is 2.77. The lowest BCUT2D eigenvalue weighted by Crippen LogP contribution is -2.20. The first-order chi connectivity index (χ1) is 10.8. The Morgan fingerprint density at radius 3 is 2.68 bits per heavy atom. The second-order valence-electron chi connectivity index (χ2n) is 5.66. The Bertz CT molecular complexity index is 1130. The van der Waals surface area contributed by atoms with Crippen molar-refractivity contribution in [2.45, 2.75) is 6.54 Å². The van der Waals surface area contributed by atoms with E-state index in [1.54, 1.807) is 4.57 Å². The molecule has 3 aromatic carbocycles. The predicted molar refractivity (Wildman–Crippen MR) is 88.0 cm³/mol. The molecule has 0 atom stereocenters. The van der Waals surface area contributed by atoms with Gasteiger partial charge in [0, 0.05) is 5.56 Å². The van der Waals surface area contributed by atoms with Crippen LogP contribution in [0.4, 0.5) is 0 Å². The monoisotopic (exact) mass is 284 g/mol. The fraction of sp³-hybridized carbons (Fsp3) is 0.0526. The molecule has 3 nitrogen and oxygen atoms in total. The van der Waals surface area contributed by atoms with E-state index >= 15 is 0 Å². The molecule has 0 unspecified atom stereocenters. The number of aromatic nitrogens is 2. The minimum Gasteiger partial charge on any atom is -0.288 e. The zero-order valence-corrected chi connectivity index (χ0v) is 11.8. The molecule has 0 saturated carbocycles. The number of hydrogen-bond acceptors (Lipinski definition) is 2. The van der Waals surface area contributed by atoms with Crippen molar-refractivity contribution >= 4 is 21.7 Å². The van der Waals surface area contributed by atoms with Gasteiger partial charge in [-0.3, -0.25) is 9.36 Å². The van der Waals surface area contributed by atoms with E-state index in [9.17, 15) is 4.79 Å². The molecule has 2 heterocycles. The molecule has 0 saturated heterocycles. The number of nitrogens with zero attached hydrogens (tertiary/aromatic N) is 2. The van der Waals surface area contributed by atoms with Gasteiger partial charge in [0.15, 0.2) is 0 Å². The number of hydrogen-bond donors (Lipinski definition) is 0. The van der Waals surface area contributed by atoms with E-state index in [1.165, 1.54) is 0 Å². The highest BCUT2D eigenvalue weighted by Crippen LogP contribution is 2.31. The van der Waals surface area contributed by atoms with Gasteiger partial charge in [0.25, 0.3) is 5.56 Å². The molecule has 4 aromatic rings. The summed E-state index contributed by atoms with van der Waals surface area (Å²) >= 11 is 0. The third kappa shape index (κ3) is 1.40. The van der Waals surface area contributed by atoms with Gasteiger partial charge in [0.05, 0.1) is 17.4 Å². The van der Waals surface area contributed by atoms with Crippen molar-refractivity contribution in [3.05, 3.63) is 76.6 Å². The molecule has 0 spiro atoms. The number of rotatable bonds is 0. The van der Waals surface area contributed by atoms with Crippen LogP contribution in [0.5, 0.6) is 0 Å². The Labute approximate surface area is 126 Å². The van der Waals surface area contributed by atoms with Crippen LogP contribution in [-0.2, 0) is 6.54 Å². The fourth-order valence-corrected chi connectivity index (χ4v) is 3.38. The largest absolute Gasteiger partial charge is 0.288 e. The van der Waals surface area contributed by atoms with E-state index in [1.807, 2.05) is 54.6 Å². The summed E-state index contributed by atoms with van der Waals surface area (Å²) < 4.78 is 1.79. The Hall–Kier alpha value is -2.94. The molecule has 5 rings (SSSR count). The topological polar surface area (TPSA) is 34.9 Å². The second kappa shape index (κ2) is 4.04. The van der Waals surface area contributed by atoms with Crippen molar-refractivity contribution in [1.82, 2.24) is 9.55 Å². The van der Waals surface area contributed by atoms with Gasteiger partial charge in [0.2, 0.25) is 0 Å². The molecular formula is C19H12N2O. The number of benzene rings is 3. The van der Waals surface area contributed by atoms with Gasteiger partial charge >= 0.3 is 0 Å². The van der Waals surface area contributed by atoms with Crippen LogP contribution < -0.4 is 5.56 Å². The lowest BCUT2D eigenvalue weighted by Gasteiger charge is -2.07. The molecule has 0 aliphatic carbocycles. The van der Waals surface area contributed by atoms with Gasteiger partial charge in [0.1, 0.15) is 5.82 Å². The maximum atomic E-state index is 13.0. The molecule has 0 bridgehead atoms. The Balaban J connectivity index is 1.97. The van der Waals surface area contributed by atoms with Crippen molar-refractivity contribution in [3.63, 3.8) is 0 Å². The van der Waals surface area contributed by atoms with Crippen molar-refractivity contribution in [2.24, 2.45) is 0 Å². The van der Waals surface area contributed by atoms with Crippen LogP contribution in [0.3, 0.4) is 0 Å². The minimum absolute atomic E-state index is 0.0491. The maximum absolute atomic E-state index is 13.0. The molecule has 1 aliphatic heterocycles. The van der Waals surface area contributed by atoms with Gasteiger partial charge in [-0.25, -0.2) is 4.98 Å². The van der Waals surface area contributed by atoms with E-state index in [-0.39, 0.29) is 5.56 Å². The molecule has 0 radical (unpaired) electrons. The molecule has 1 aliphatic rings. The van der Waals surface area contributed by atoms with Crippen LogP contribution in [0.25, 0.3) is 33.1 Å². The SMILES string of the molecule is O=c1c2c(ccc3ccccc32)nc2n1Cc1ccccc1-2. The zero-order valence-electron chi connectivity index (χ0n) is 11.8. The van der Waals surface area contributed by atoms with E-state index in [2.05, 4.69) is 6.07 Å². The minimum atomic E-state index is 0.0491. The Kier molecular flexibility index (Phi) is 2.15. The average Bonchev–Trinajstić information content (AvgIpc) is 2.94. The van der Waals surface area contributed by atoms with Gasteiger partial charge in [-0.2, -0.15) is 0 Å². The van der Waals surface area contributed by atoms with Crippen molar-refractivity contribution in [2.75, 3.05) is 0 Å². The fourth-order valence-electron chi connectivity index (χ4n) is 3.38. The molecule has 0 fully saturated rings. The highest BCUT2D eigenvalue weighted by Gasteiger charge is 2.22. The second-order valence-corrected chi connectivity index (χ2v) is 5.66. The summed E-state index contributed by atoms with van der Waals surface area (Å²) in [6, 6.07) is 20.0. The molecular weight excluding hydrogens is 272 g/mol. The van der Waals surface area contributed by atoms with Crippen LogP contribution in [0, 0.1) is 0 Å². The third-order valence-corrected chi connectivity index (χ3v) is 4.43. The van der Waals surface area contributed by atoms with Gasteiger partial charge < -0.3 is 0 Å². The van der Waals surface area contributed by atoms with Crippen molar-refractivity contribution in [3.8, 4) is 11.4 Å². The van der Waals surface area contributed by atoms with Crippen molar-refractivity contribution < 1.29 is 0 Å². The molecule has 22 heavy (non-hydrogen) atoms. The van der Waals surface area contributed by atoms with E-state index in [4.69, 9.17) is 4.98 Å². The summed E-state index contributed by atoms with van der Waals surface area (Å²) in [5.41, 5.74) is 3.04. The first kappa shape index (κ1) is 11.7. The molecule has 0 amide bonds. The van der Waals surface area contributed by atoms with Crippen molar-refractivity contribution in [1.29, 1.82) is 0 Å². The first-order valence-electron chi connectivity index (χ1n) is 7.33. The highest BCUT2D eigenvalue weighted by atomic mass is 16.1. The summed E-state index contributed by atoms with van der Waals surface area (Å²) in [5.74, 6) is 0.781. The Morgan fingerprint density at radius 1 is 0.909 bits per heavy atom. The standard InChI is InChI=1S/C19H12N2O/c22-19-17-14-7-3-1-5-12(14)9-10-16(17)20-18-15-8-4-2-6-13(15)11-21(18)19/h1-10H,11H2. The van der Waals surface area contributed by atoms with Gasteiger partial charge in [-0.05, 0) is 22.4 Å². The summed E-state index contributed by atoms with van der Waals surface area (Å²) in [6.07, 6.45) is 0. The summed E-state index contributed by atoms with van der Waals surface area (Å²) in [4.78, 5) is 17.8. The van der Waals surface area contributed by atoms with E-state index in [0.717, 1.165) is 38.6 Å². The zero-order chi connectivity index (χ0) is 14.7. The molecule has 1 aromatic heterocycles. The van der Waals surface area contributed by atoms with Crippen LogP contribution in [0.1, 0.15) is 5.56 Å². The van der Waals surface area contributed by atoms with Crippen LogP contribution in [0.2, 0.25) is 0 Å². The average molecular weight is 284 g/mol. The molecule has 3 heteroatoms. The summed E-state index contributed by atoms with van der Waals surface area (Å²) in [7, 11) is 0. The predicted octanol–water partition coefficient (Wildman–Crippen LogP) is 3.58. The lowest BCUT2D eigenvalue weighted by molar-refractivity contribution is 0.797. The summed E-state index contributed by atoms with van der Waals surface area (Å²) in [6.45, 7) is 0.608. The van der Waals surface area contributed by atoms with E-state index in [0.29, 0.717) is 6.54 Å². The van der Waals surface area contributed by atoms with Gasteiger partial charge in [-0.15, -0.1) is 0 Å². The van der Waals surface area contributed by atoms with Crippen LogP contribution >= 0.6 is 0 Å².